The molecule has 10 heteroatoms. The fraction of sp³-hybridized carbons (Fsp3) is 0.556. The second-order valence-corrected chi connectivity index (χ2v) is 14.1. The Morgan fingerprint density at radius 2 is 1.46 bits per heavy atom. The van der Waals surface area contributed by atoms with Gasteiger partial charge >= 0.3 is 12.1 Å². The number of hydrogen-bond acceptors (Lipinski definition) is 7. The fourth-order valence-electron chi connectivity index (χ4n) is 4.97. The van der Waals surface area contributed by atoms with Gasteiger partial charge in [-0.15, -0.1) is 0 Å². The van der Waals surface area contributed by atoms with Crippen molar-refractivity contribution in [2.75, 3.05) is 6.54 Å². The first-order valence-electron chi connectivity index (χ1n) is 16.0. The average molecular weight is 640 g/mol. The highest BCUT2D eigenvalue weighted by molar-refractivity contribution is 5.94. The van der Waals surface area contributed by atoms with Crippen molar-refractivity contribution in [3.63, 3.8) is 0 Å². The Hall–Kier alpha value is -4.08. The maximum absolute atomic E-state index is 14.4. The third-order valence-electron chi connectivity index (χ3n) is 6.86. The van der Waals surface area contributed by atoms with Gasteiger partial charge in [0.25, 0.3) is 0 Å². The van der Waals surface area contributed by atoms with Crippen LogP contribution in [0.5, 0.6) is 5.75 Å². The molecular formula is C36H53N3O7. The van der Waals surface area contributed by atoms with E-state index in [-0.39, 0.29) is 36.6 Å². The number of ether oxygens (including phenoxy) is 2. The van der Waals surface area contributed by atoms with Gasteiger partial charge in [-0.1, -0.05) is 69.3 Å². The van der Waals surface area contributed by atoms with Crippen LogP contribution < -0.4 is 10.6 Å². The molecule has 0 aliphatic carbocycles. The number of para-hydroxylation sites is 1. The van der Waals surface area contributed by atoms with Gasteiger partial charge in [0.2, 0.25) is 11.8 Å². The number of aryl methyl sites for hydroxylation is 1. The lowest BCUT2D eigenvalue weighted by atomic mass is 9.96. The maximum atomic E-state index is 14.4. The Labute approximate surface area is 274 Å². The van der Waals surface area contributed by atoms with E-state index in [4.69, 9.17) is 9.47 Å². The highest BCUT2D eigenvalue weighted by atomic mass is 16.6. The summed E-state index contributed by atoms with van der Waals surface area (Å²) in [5.74, 6) is -1.95. The van der Waals surface area contributed by atoms with Crippen molar-refractivity contribution in [1.82, 2.24) is 15.5 Å². The van der Waals surface area contributed by atoms with Gasteiger partial charge in [0.05, 0.1) is 0 Å². The molecular weight excluding hydrogens is 586 g/mol. The molecule has 0 spiro atoms. The van der Waals surface area contributed by atoms with E-state index in [2.05, 4.69) is 10.6 Å². The standard InChI is InChI=1S/C36H53N3O7/c1-11-20-39(32(42)27(21-23(2)3)38-34(44)46-36(8,9)10)29(26-19-15-16-24(4)30(26)40)31(41)37-28(33(43)45-35(5,6)7)22-25-17-13-12-14-18-25/h12-19,23,27-29,40H,11,20-22H2,1-10H3,(H,37,41)(H,38,44). The van der Waals surface area contributed by atoms with Crippen LogP contribution in [0.2, 0.25) is 0 Å². The summed E-state index contributed by atoms with van der Waals surface area (Å²) in [5.41, 5.74) is -0.0925. The minimum absolute atomic E-state index is 0.00873. The SMILES string of the molecule is CCCN(C(=O)C(CC(C)C)NC(=O)OC(C)(C)C)C(C(=O)NC(Cc1ccccc1)C(=O)OC(C)(C)C)c1cccc(C)c1O. The molecule has 0 saturated carbocycles. The average Bonchev–Trinajstić information content (AvgIpc) is 2.92. The number of carbonyl (C=O) groups excluding carboxylic acids is 4. The third kappa shape index (κ3) is 12.0. The molecule has 0 aromatic heterocycles. The number of hydrogen-bond donors (Lipinski definition) is 3. The molecule has 3 amide bonds. The van der Waals surface area contributed by atoms with Crippen molar-refractivity contribution in [3.05, 3.63) is 65.2 Å². The van der Waals surface area contributed by atoms with Crippen molar-refractivity contribution >= 4 is 23.9 Å². The van der Waals surface area contributed by atoms with Crippen LogP contribution in [0.25, 0.3) is 0 Å². The van der Waals surface area contributed by atoms with E-state index < -0.39 is 53.2 Å². The summed E-state index contributed by atoms with van der Waals surface area (Å²) in [6.45, 7) is 18.0. The predicted octanol–water partition coefficient (Wildman–Crippen LogP) is 5.99. The highest BCUT2D eigenvalue weighted by Crippen LogP contribution is 2.33. The number of carbonyl (C=O) groups is 4. The number of phenols is 1. The maximum Gasteiger partial charge on any atom is 0.408 e. The molecule has 3 atom stereocenters. The van der Waals surface area contributed by atoms with Gasteiger partial charge in [-0.25, -0.2) is 9.59 Å². The first kappa shape index (κ1) is 38.1. The van der Waals surface area contributed by atoms with Gasteiger partial charge in [-0.3, -0.25) is 9.59 Å². The zero-order valence-electron chi connectivity index (χ0n) is 29.1. The number of esters is 1. The number of benzene rings is 2. The van der Waals surface area contributed by atoms with E-state index in [1.165, 1.54) is 4.90 Å². The number of rotatable bonds is 13. The van der Waals surface area contributed by atoms with Crippen LogP contribution >= 0.6 is 0 Å². The molecule has 0 heterocycles. The van der Waals surface area contributed by atoms with E-state index >= 15 is 0 Å². The number of nitrogens with zero attached hydrogens (tertiary/aromatic N) is 1. The largest absolute Gasteiger partial charge is 0.507 e. The molecule has 0 radical (unpaired) electrons. The summed E-state index contributed by atoms with van der Waals surface area (Å²) in [5, 5.41) is 16.8. The number of nitrogens with one attached hydrogen (secondary N) is 2. The minimum Gasteiger partial charge on any atom is -0.507 e. The van der Waals surface area contributed by atoms with Crippen LogP contribution in [0.4, 0.5) is 4.79 Å². The van der Waals surface area contributed by atoms with Gasteiger partial charge in [0.1, 0.15) is 35.1 Å². The van der Waals surface area contributed by atoms with Crippen molar-refractivity contribution in [3.8, 4) is 5.75 Å². The van der Waals surface area contributed by atoms with Crippen LogP contribution in [0, 0.1) is 12.8 Å². The van der Waals surface area contributed by atoms with Crippen LogP contribution in [0.1, 0.15) is 97.9 Å². The van der Waals surface area contributed by atoms with Gasteiger partial charge in [0.15, 0.2) is 0 Å². The van der Waals surface area contributed by atoms with Crippen LogP contribution in [0.3, 0.4) is 0 Å². The Bertz CT molecular complexity index is 1330. The van der Waals surface area contributed by atoms with Gasteiger partial charge in [-0.2, -0.15) is 0 Å². The summed E-state index contributed by atoms with van der Waals surface area (Å²) >= 11 is 0. The van der Waals surface area contributed by atoms with Crippen LogP contribution in [0.15, 0.2) is 48.5 Å². The van der Waals surface area contributed by atoms with Gasteiger partial charge < -0.3 is 30.1 Å². The molecule has 3 unspecified atom stereocenters. The molecule has 0 fully saturated rings. The smallest absolute Gasteiger partial charge is 0.408 e. The number of aromatic hydroxyl groups is 1. The molecule has 46 heavy (non-hydrogen) atoms. The molecule has 0 aliphatic heterocycles. The number of amides is 3. The van der Waals surface area contributed by atoms with Gasteiger partial charge in [-0.05, 0) is 78.4 Å². The number of phenolic OH excluding ortho intramolecular Hbond substituents is 1. The highest BCUT2D eigenvalue weighted by Gasteiger charge is 2.39. The lowest BCUT2D eigenvalue weighted by Crippen LogP contribution is -2.55. The van der Waals surface area contributed by atoms with Crippen molar-refractivity contribution in [2.45, 2.75) is 118 Å². The summed E-state index contributed by atoms with van der Waals surface area (Å²) < 4.78 is 11.1. The van der Waals surface area contributed by atoms with E-state index in [0.717, 1.165) is 5.56 Å². The minimum atomic E-state index is -1.33. The van der Waals surface area contributed by atoms with Crippen molar-refractivity contribution in [1.29, 1.82) is 0 Å². The quantitative estimate of drug-likeness (QED) is 0.229. The zero-order valence-corrected chi connectivity index (χ0v) is 29.1. The molecule has 254 valence electrons. The zero-order chi connectivity index (χ0) is 34.8. The Morgan fingerprint density at radius 1 is 0.848 bits per heavy atom. The van der Waals surface area contributed by atoms with Crippen LogP contribution in [-0.2, 0) is 30.3 Å². The lowest BCUT2D eigenvalue weighted by Gasteiger charge is -2.36. The van der Waals surface area contributed by atoms with Gasteiger partial charge in [0, 0.05) is 18.5 Å². The first-order valence-corrected chi connectivity index (χ1v) is 16.0. The molecule has 2 rings (SSSR count). The van der Waals surface area contributed by atoms with E-state index in [1.54, 1.807) is 66.7 Å². The van der Waals surface area contributed by atoms with Crippen LogP contribution in [-0.4, -0.2) is 63.7 Å². The molecule has 0 bridgehead atoms. The second-order valence-electron chi connectivity index (χ2n) is 14.1. The molecule has 3 N–H and O–H groups in total. The molecule has 2 aromatic carbocycles. The molecule has 0 aliphatic rings. The van der Waals surface area contributed by atoms with E-state index in [9.17, 15) is 24.3 Å². The molecule has 2 aromatic rings. The normalized spacial score (nSPS) is 13.7. The summed E-state index contributed by atoms with van der Waals surface area (Å²) in [7, 11) is 0. The lowest BCUT2D eigenvalue weighted by molar-refractivity contribution is -0.159. The second kappa shape index (κ2) is 16.5. The monoisotopic (exact) mass is 639 g/mol. The summed E-state index contributed by atoms with van der Waals surface area (Å²) in [6.07, 6.45) is 0.144. The number of alkyl carbamates (subject to hydrolysis) is 1. The Kier molecular flexibility index (Phi) is 13.6. The summed E-state index contributed by atoms with van der Waals surface area (Å²) in [4.78, 5) is 56.5. The topological polar surface area (TPSA) is 134 Å². The van der Waals surface area contributed by atoms with E-state index in [0.29, 0.717) is 12.0 Å². The first-order chi connectivity index (χ1) is 21.3. The molecule has 10 nitrogen and oxygen atoms in total. The van der Waals surface area contributed by atoms with Crippen molar-refractivity contribution in [2.24, 2.45) is 5.92 Å². The fourth-order valence-corrected chi connectivity index (χ4v) is 4.97. The summed E-state index contributed by atoms with van der Waals surface area (Å²) in [6, 6.07) is 10.8. The molecule has 0 saturated heterocycles. The Morgan fingerprint density at radius 3 is 2.00 bits per heavy atom. The third-order valence-corrected chi connectivity index (χ3v) is 6.86. The van der Waals surface area contributed by atoms with Crippen molar-refractivity contribution < 1.29 is 33.8 Å². The predicted molar refractivity (Wildman–Crippen MR) is 178 cm³/mol. The van der Waals surface area contributed by atoms with E-state index in [1.807, 2.05) is 51.1 Å². The Balaban J connectivity index is 2.63.